The summed E-state index contributed by atoms with van der Waals surface area (Å²) in [5, 5.41) is 6.92. The predicted molar refractivity (Wildman–Crippen MR) is 108 cm³/mol. The molecule has 12 heteroatoms. The summed E-state index contributed by atoms with van der Waals surface area (Å²) in [6.07, 6.45) is 0.218. The number of nitrogen functional groups attached to an aromatic ring is 2. The largest absolute Gasteiger partial charge is 0.412 e. The van der Waals surface area contributed by atoms with Crippen LogP contribution in [0.15, 0.2) is 36.5 Å². The zero-order chi connectivity index (χ0) is 22.1. The summed E-state index contributed by atoms with van der Waals surface area (Å²) in [6, 6.07) is 7.38. The molecule has 1 amide bonds. The van der Waals surface area contributed by atoms with Gasteiger partial charge in [0.25, 0.3) is 0 Å². The summed E-state index contributed by atoms with van der Waals surface area (Å²) in [4.78, 5) is 23.7. The van der Waals surface area contributed by atoms with E-state index in [2.05, 4.69) is 25.4 Å². The Morgan fingerprint density at radius 2 is 1.90 bits per heavy atom. The van der Waals surface area contributed by atoms with Crippen LogP contribution in [0.25, 0.3) is 22.6 Å². The summed E-state index contributed by atoms with van der Waals surface area (Å²) < 4.78 is 34.4. The van der Waals surface area contributed by atoms with Gasteiger partial charge in [-0.3, -0.25) is 0 Å². The van der Waals surface area contributed by atoms with Crippen molar-refractivity contribution in [3.63, 3.8) is 0 Å². The maximum Gasteiger partial charge on any atom is 0.412 e. The topological polar surface area (TPSA) is 147 Å². The number of nitrogens with one attached hydrogen (secondary N) is 1. The molecule has 0 bridgehead atoms. The lowest BCUT2D eigenvalue weighted by Gasteiger charge is -2.09. The second-order valence-corrected chi connectivity index (χ2v) is 6.41. The third-order valence-electron chi connectivity index (χ3n) is 4.36. The average Bonchev–Trinajstić information content (AvgIpc) is 3.09. The normalized spacial score (nSPS) is 10.9. The molecular formula is C19H16F2N8O2. The molecule has 0 fully saturated rings. The Balaban J connectivity index is 1.84. The van der Waals surface area contributed by atoms with Crippen LogP contribution in [0, 0.1) is 11.6 Å². The Labute approximate surface area is 173 Å². The average molecular weight is 426 g/mol. The van der Waals surface area contributed by atoms with E-state index >= 15 is 0 Å². The summed E-state index contributed by atoms with van der Waals surface area (Å²) in [6.45, 7) is 0.0324. The number of nitrogens with two attached hydrogens (primary N) is 2. The van der Waals surface area contributed by atoms with Crippen molar-refractivity contribution in [1.82, 2.24) is 30.0 Å². The number of fused-ring (bicyclic) bond motifs is 1. The minimum absolute atomic E-state index is 0.0324. The molecule has 4 rings (SSSR count). The number of ether oxygens (including phenoxy) is 1. The minimum Gasteiger partial charge on any atom is -0.402 e. The van der Waals surface area contributed by atoms with Gasteiger partial charge >= 0.3 is 6.09 Å². The highest BCUT2D eigenvalue weighted by atomic mass is 19.1. The molecule has 4 aromatic rings. The standard InChI is InChI=1S/C19H16F2N8O2/c1-24-19(30)31-14-15(22)26-17(27-16(14)23)13-11-6-10(20)7-25-18(11)29(28-13)8-9-4-2-3-5-12(9)21/h2-7H,8H2,1H3,(H,24,30)(H4,22,23,26,27). The molecule has 0 saturated carbocycles. The van der Waals surface area contributed by atoms with E-state index in [-0.39, 0.29) is 46.5 Å². The molecule has 5 N–H and O–H groups in total. The Hall–Kier alpha value is -4.35. The molecule has 0 saturated heterocycles. The van der Waals surface area contributed by atoms with Gasteiger partial charge in [0.05, 0.1) is 18.1 Å². The van der Waals surface area contributed by atoms with Crippen LogP contribution in [0.2, 0.25) is 0 Å². The van der Waals surface area contributed by atoms with E-state index in [0.717, 1.165) is 6.20 Å². The molecule has 158 valence electrons. The van der Waals surface area contributed by atoms with Crippen molar-refractivity contribution in [2.45, 2.75) is 6.54 Å². The first-order chi connectivity index (χ1) is 14.9. The molecule has 0 atom stereocenters. The lowest BCUT2D eigenvalue weighted by Crippen LogP contribution is -2.23. The number of nitrogens with zero attached hydrogens (tertiary/aromatic N) is 5. The van der Waals surface area contributed by atoms with E-state index < -0.39 is 17.7 Å². The van der Waals surface area contributed by atoms with E-state index in [1.807, 2.05) is 0 Å². The Morgan fingerprint density at radius 3 is 2.58 bits per heavy atom. The molecule has 0 radical (unpaired) electrons. The van der Waals surface area contributed by atoms with Crippen LogP contribution in [0.1, 0.15) is 5.56 Å². The van der Waals surface area contributed by atoms with Gasteiger partial charge in [-0.05, 0) is 12.1 Å². The van der Waals surface area contributed by atoms with Gasteiger partial charge in [-0.25, -0.2) is 33.2 Å². The summed E-state index contributed by atoms with van der Waals surface area (Å²) in [5.74, 6) is -1.72. The fraction of sp³-hybridized carbons (Fsp3) is 0.105. The third kappa shape index (κ3) is 3.77. The van der Waals surface area contributed by atoms with E-state index in [1.165, 1.54) is 23.9 Å². The molecule has 1 aromatic carbocycles. The molecule has 0 spiro atoms. The second kappa shape index (κ2) is 7.82. The number of halogens is 2. The van der Waals surface area contributed by atoms with Crippen LogP contribution in [0.3, 0.4) is 0 Å². The zero-order valence-electron chi connectivity index (χ0n) is 16.1. The van der Waals surface area contributed by atoms with Gasteiger partial charge in [0.1, 0.15) is 17.3 Å². The summed E-state index contributed by atoms with van der Waals surface area (Å²) in [7, 11) is 1.36. The van der Waals surface area contributed by atoms with Crippen molar-refractivity contribution in [3.8, 4) is 17.3 Å². The number of rotatable bonds is 4. The first-order valence-corrected chi connectivity index (χ1v) is 8.95. The molecule has 10 nitrogen and oxygen atoms in total. The lowest BCUT2D eigenvalue weighted by molar-refractivity contribution is 0.203. The predicted octanol–water partition coefficient (Wildman–Crippen LogP) is 2.10. The van der Waals surface area contributed by atoms with Gasteiger partial charge < -0.3 is 21.5 Å². The van der Waals surface area contributed by atoms with Gasteiger partial charge in [0.15, 0.2) is 23.1 Å². The van der Waals surface area contributed by atoms with E-state index in [1.54, 1.807) is 18.2 Å². The number of anilines is 2. The summed E-state index contributed by atoms with van der Waals surface area (Å²) >= 11 is 0. The van der Waals surface area contributed by atoms with Crippen LogP contribution < -0.4 is 21.5 Å². The van der Waals surface area contributed by atoms with Gasteiger partial charge in [0.2, 0.25) is 5.75 Å². The Kier molecular flexibility index (Phi) is 5.03. The molecule has 31 heavy (non-hydrogen) atoms. The first kappa shape index (κ1) is 19.9. The van der Waals surface area contributed by atoms with Gasteiger partial charge in [-0.2, -0.15) is 5.10 Å². The molecule has 0 aliphatic carbocycles. The zero-order valence-corrected chi connectivity index (χ0v) is 16.1. The molecule has 3 heterocycles. The molecular weight excluding hydrogens is 410 g/mol. The monoisotopic (exact) mass is 426 g/mol. The number of pyridine rings is 1. The fourth-order valence-corrected chi connectivity index (χ4v) is 2.94. The lowest BCUT2D eigenvalue weighted by atomic mass is 10.2. The number of carbonyl (C=O) groups excluding carboxylic acids is 1. The molecule has 0 unspecified atom stereocenters. The third-order valence-corrected chi connectivity index (χ3v) is 4.36. The van der Waals surface area contributed by atoms with Crippen molar-refractivity contribution in [3.05, 3.63) is 53.7 Å². The van der Waals surface area contributed by atoms with E-state index in [9.17, 15) is 13.6 Å². The van der Waals surface area contributed by atoms with E-state index in [4.69, 9.17) is 16.2 Å². The van der Waals surface area contributed by atoms with Crippen LogP contribution in [0.5, 0.6) is 5.75 Å². The molecule has 0 aliphatic rings. The van der Waals surface area contributed by atoms with Crippen molar-refractivity contribution < 1.29 is 18.3 Å². The maximum absolute atomic E-state index is 14.1. The maximum atomic E-state index is 14.1. The van der Waals surface area contributed by atoms with E-state index in [0.29, 0.717) is 5.56 Å². The SMILES string of the molecule is CNC(=O)Oc1c(N)nc(-c2nn(Cc3ccccc3F)c3ncc(F)cc23)nc1N. The highest BCUT2D eigenvalue weighted by Gasteiger charge is 2.21. The van der Waals surface area contributed by atoms with Crippen molar-refractivity contribution in [1.29, 1.82) is 0 Å². The van der Waals surface area contributed by atoms with Gasteiger partial charge in [-0.1, -0.05) is 18.2 Å². The minimum atomic E-state index is -0.805. The quantitative estimate of drug-likeness (QED) is 0.449. The van der Waals surface area contributed by atoms with Crippen LogP contribution in [-0.4, -0.2) is 37.9 Å². The van der Waals surface area contributed by atoms with Gasteiger partial charge in [0, 0.05) is 12.6 Å². The summed E-state index contributed by atoms with van der Waals surface area (Å²) in [5.41, 5.74) is 12.5. The van der Waals surface area contributed by atoms with Gasteiger partial charge in [-0.15, -0.1) is 0 Å². The van der Waals surface area contributed by atoms with Crippen molar-refractivity contribution in [2.75, 3.05) is 18.5 Å². The highest BCUT2D eigenvalue weighted by molar-refractivity contribution is 5.90. The van der Waals surface area contributed by atoms with Crippen LogP contribution in [-0.2, 0) is 6.54 Å². The van der Waals surface area contributed by atoms with Crippen LogP contribution in [0.4, 0.5) is 25.2 Å². The second-order valence-electron chi connectivity index (χ2n) is 6.41. The Bertz CT molecular complexity index is 1280. The first-order valence-electron chi connectivity index (χ1n) is 8.95. The number of hydrogen-bond acceptors (Lipinski definition) is 8. The highest BCUT2D eigenvalue weighted by Crippen LogP contribution is 2.32. The van der Waals surface area contributed by atoms with Crippen molar-refractivity contribution >= 4 is 28.8 Å². The number of hydrogen-bond donors (Lipinski definition) is 3. The smallest absolute Gasteiger partial charge is 0.402 e. The fourth-order valence-electron chi connectivity index (χ4n) is 2.94. The van der Waals surface area contributed by atoms with Crippen LogP contribution >= 0.6 is 0 Å². The number of benzene rings is 1. The molecule has 0 aliphatic heterocycles. The number of carbonyl (C=O) groups is 1. The van der Waals surface area contributed by atoms with Crippen molar-refractivity contribution in [2.24, 2.45) is 0 Å². The Morgan fingerprint density at radius 1 is 1.19 bits per heavy atom. The number of aromatic nitrogens is 5. The number of amides is 1. The molecule has 3 aromatic heterocycles.